The van der Waals surface area contributed by atoms with Crippen molar-refractivity contribution in [2.24, 2.45) is 0 Å². The van der Waals surface area contributed by atoms with Crippen molar-refractivity contribution in [3.05, 3.63) is 62.5 Å². The molecule has 1 aromatic carbocycles. The molecule has 0 spiro atoms. The maximum Gasteiger partial charge on any atom is 0.250 e. The van der Waals surface area contributed by atoms with Crippen molar-refractivity contribution in [3.63, 3.8) is 0 Å². The van der Waals surface area contributed by atoms with Gasteiger partial charge < -0.3 is 14.6 Å². The average Bonchev–Trinajstić information content (AvgIpc) is 2.46. The fourth-order valence-electron chi connectivity index (χ4n) is 1.86. The summed E-state index contributed by atoms with van der Waals surface area (Å²) in [5.41, 5.74) is 1.73. The molecule has 0 amide bonds. The molecule has 0 radical (unpaired) electrons. The number of nitrogens with zero attached hydrogens (tertiary/aromatic N) is 1. The van der Waals surface area contributed by atoms with Gasteiger partial charge in [-0.3, -0.25) is 4.79 Å². The van der Waals surface area contributed by atoms with Gasteiger partial charge in [-0.2, -0.15) is 0 Å². The lowest BCUT2D eigenvalue weighted by molar-refractivity contribution is 0.186. The molecule has 0 unspecified atom stereocenters. The SMILES string of the molecule is COCCn1cc(NCc2ccc(Cl)cc2Cl)ccc1=O. The highest BCUT2D eigenvalue weighted by molar-refractivity contribution is 6.35. The van der Waals surface area contributed by atoms with Gasteiger partial charge in [0, 0.05) is 42.5 Å². The van der Waals surface area contributed by atoms with Gasteiger partial charge in [0.15, 0.2) is 0 Å². The zero-order chi connectivity index (χ0) is 15.2. The molecule has 0 atom stereocenters. The molecule has 4 nitrogen and oxygen atoms in total. The first kappa shape index (κ1) is 15.9. The largest absolute Gasteiger partial charge is 0.383 e. The lowest BCUT2D eigenvalue weighted by Gasteiger charge is -2.11. The number of halogens is 2. The molecule has 2 aromatic rings. The fourth-order valence-corrected chi connectivity index (χ4v) is 2.34. The van der Waals surface area contributed by atoms with Crippen LogP contribution in [0, 0.1) is 0 Å². The van der Waals surface area contributed by atoms with Gasteiger partial charge in [0.2, 0.25) is 0 Å². The second-order valence-electron chi connectivity index (χ2n) is 4.53. The van der Waals surface area contributed by atoms with E-state index in [1.807, 2.05) is 6.07 Å². The minimum atomic E-state index is -0.0536. The number of anilines is 1. The molecule has 2 rings (SSSR count). The van der Waals surface area contributed by atoms with Crippen LogP contribution in [0.4, 0.5) is 5.69 Å². The number of pyridine rings is 1. The maximum atomic E-state index is 11.7. The van der Waals surface area contributed by atoms with Gasteiger partial charge in [0.1, 0.15) is 0 Å². The molecular weight excluding hydrogens is 311 g/mol. The van der Waals surface area contributed by atoms with Crippen LogP contribution in [-0.4, -0.2) is 18.3 Å². The Hall–Kier alpha value is -1.49. The van der Waals surface area contributed by atoms with Crippen LogP contribution in [0.3, 0.4) is 0 Å². The molecule has 1 heterocycles. The minimum absolute atomic E-state index is 0.0536. The van der Waals surface area contributed by atoms with E-state index < -0.39 is 0 Å². The summed E-state index contributed by atoms with van der Waals surface area (Å²) >= 11 is 12.0. The fraction of sp³-hybridized carbons (Fsp3) is 0.267. The summed E-state index contributed by atoms with van der Waals surface area (Å²) in [7, 11) is 1.61. The molecule has 21 heavy (non-hydrogen) atoms. The van der Waals surface area contributed by atoms with Gasteiger partial charge >= 0.3 is 0 Å². The van der Waals surface area contributed by atoms with Crippen LogP contribution < -0.4 is 10.9 Å². The Kier molecular flexibility index (Phi) is 5.67. The van der Waals surface area contributed by atoms with E-state index in [2.05, 4.69) is 5.32 Å². The molecule has 6 heteroatoms. The lowest BCUT2D eigenvalue weighted by Crippen LogP contribution is -2.21. The number of hydrogen-bond acceptors (Lipinski definition) is 3. The van der Waals surface area contributed by atoms with E-state index in [9.17, 15) is 4.79 Å². The molecule has 0 fully saturated rings. The van der Waals surface area contributed by atoms with Crippen molar-refractivity contribution in [3.8, 4) is 0 Å². The highest BCUT2D eigenvalue weighted by atomic mass is 35.5. The van der Waals surface area contributed by atoms with Crippen LogP contribution in [0.25, 0.3) is 0 Å². The quantitative estimate of drug-likeness (QED) is 0.884. The minimum Gasteiger partial charge on any atom is -0.383 e. The number of aromatic nitrogens is 1. The van der Waals surface area contributed by atoms with Crippen molar-refractivity contribution >= 4 is 28.9 Å². The molecule has 112 valence electrons. The van der Waals surface area contributed by atoms with E-state index in [-0.39, 0.29) is 5.56 Å². The predicted octanol–water partition coefficient (Wildman–Crippen LogP) is 3.41. The molecule has 0 aliphatic rings. The normalized spacial score (nSPS) is 10.6. The zero-order valence-electron chi connectivity index (χ0n) is 11.6. The smallest absolute Gasteiger partial charge is 0.250 e. The maximum absolute atomic E-state index is 11.7. The number of ether oxygens (including phenoxy) is 1. The van der Waals surface area contributed by atoms with Crippen molar-refractivity contribution in [2.75, 3.05) is 19.0 Å². The van der Waals surface area contributed by atoms with Crippen LogP contribution in [0.2, 0.25) is 10.0 Å². The lowest BCUT2D eigenvalue weighted by atomic mass is 10.2. The summed E-state index contributed by atoms with van der Waals surface area (Å²) < 4.78 is 6.59. The van der Waals surface area contributed by atoms with E-state index in [0.717, 1.165) is 11.3 Å². The van der Waals surface area contributed by atoms with Crippen LogP contribution in [-0.2, 0) is 17.8 Å². The summed E-state index contributed by atoms with van der Waals surface area (Å²) in [6.45, 7) is 1.57. The topological polar surface area (TPSA) is 43.3 Å². The van der Waals surface area contributed by atoms with E-state index in [1.54, 1.807) is 36.1 Å². The first-order chi connectivity index (χ1) is 10.1. The average molecular weight is 327 g/mol. The van der Waals surface area contributed by atoms with Gasteiger partial charge in [-0.05, 0) is 23.8 Å². The molecule has 0 aliphatic heterocycles. The summed E-state index contributed by atoms with van der Waals surface area (Å²) in [6, 6.07) is 8.65. The second kappa shape index (κ2) is 7.50. The van der Waals surface area contributed by atoms with Crippen LogP contribution >= 0.6 is 23.2 Å². The van der Waals surface area contributed by atoms with E-state index in [4.69, 9.17) is 27.9 Å². The number of methoxy groups -OCH3 is 1. The Morgan fingerprint density at radius 2 is 2.05 bits per heavy atom. The van der Waals surface area contributed by atoms with Crippen molar-refractivity contribution in [1.82, 2.24) is 4.57 Å². The first-order valence-electron chi connectivity index (χ1n) is 6.47. The van der Waals surface area contributed by atoms with Gasteiger partial charge in [0.25, 0.3) is 5.56 Å². The Balaban J connectivity index is 2.07. The monoisotopic (exact) mass is 326 g/mol. The molecule has 1 N–H and O–H groups in total. The molecule has 0 saturated carbocycles. The van der Waals surface area contributed by atoms with Gasteiger partial charge in [-0.15, -0.1) is 0 Å². The third-order valence-electron chi connectivity index (χ3n) is 3.02. The van der Waals surface area contributed by atoms with E-state index in [1.165, 1.54) is 6.07 Å². The Morgan fingerprint density at radius 3 is 2.76 bits per heavy atom. The van der Waals surface area contributed by atoms with Crippen LogP contribution in [0.5, 0.6) is 0 Å². The highest BCUT2D eigenvalue weighted by Crippen LogP contribution is 2.21. The zero-order valence-corrected chi connectivity index (χ0v) is 13.1. The van der Waals surface area contributed by atoms with Crippen molar-refractivity contribution in [1.29, 1.82) is 0 Å². The number of rotatable bonds is 6. The predicted molar refractivity (Wildman–Crippen MR) is 86.4 cm³/mol. The highest BCUT2D eigenvalue weighted by Gasteiger charge is 2.03. The first-order valence-corrected chi connectivity index (χ1v) is 7.23. The third-order valence-corrected chi connectivity index (χ3v) is 3.60. The van der Waals surface area contributed by atoms with Gasteiger partial charge in [-0.1, -0.05) is 29.3 Å². The van der Waals surface area contributed by atoms with Crippen LogP contribution in [0.15, 0.2) is 41.3 Å². The summed E-state index contributed by atoms with van der Waals surface area (Å²) in [5.74, 6) is 0. The van der Waals surface area contributed by atoms with Crippen molar-refractivity contribution in [2.45, 2.75) is 13.1 Å². The number of hydrogen-bond donors (Lipinski definition) is 1. The van der Waals surface area contributed by atoms with Crippen LogP contribution in [0.1, 0.15) is 5.56 Å². The van der Waals surface area contributed by atoms with E-state index in [0.29, 0.717) is 29.7 Å². The molecule has 1 aromatic heterocycles. The number of benzene rings is 1. The van der Waals surface area contributed by atoms with Crippen molar-refractivity contribution < 1.29 is 4.74 Å². The van der Waals surface area contributed by atoms with Gasteiger partial charge in [-0.25, -0.2) is 0 Å². The molecule has 0 aliphatic carbocycles. The van der Waals surface area contributed by atoms with E-state index >= 15 is 0 Å². The summed E-state index contributed by atoms with van der Waals surface area (Å²) in [4.78, 5) is 11.7. The Morgan fingerprint density at radius 1 is 1.24 bits per heavy atom. The summed E-state index contributed by atoms with van der Waals surface area (Å²) in [5, 5.41) is 4.46. The van der Waals surface area contributed by atoms with Gasteiger partial charge in [0.05, 0.1) is 12.3 Å². The standard InChI is InChI=1S/C15H16Cl2N2O2/c1-21-7-6-19-10-13(4-5-15(19)20)18-9-11-2-3-12(16)8-14(11)17/h2-5,8,10,18H,6-7,9H2,1H3. The Bertz CT molecular complexity index is 671. The third kappa shape index (κ3) is 4.49. The Labute approximate surface area is 133 Å². The second-order valence-corrected chi connectivity index (χ2v) is 5.38. The summed E-state index contributed by atoms with van der Waals surface area (Å²) in [6.07, 6.45) is 1.77. The molecular formula is C15H16Cl2N2O2. The molecule has 0 saturated heterocycles. The molecule has 0 bridgehead atoms. The number of nitrogens with one attached hydrogen (secondary N) is 1.